The number of nitrogens with two attached hydrogens (primary N) is 1. The summed E-state index contributed by atoms with van der Waals surface area (Å²) in [6, 6.07) is 0.0170. The number of hydrogen-bond acceptors (Lipinski definition) is 2. The molecule has 100 valence electrons. The third-order valence-corrected chi connectivity index (χ3v) is 3.92. The van der Waals surface area contributed by atoms with E-state index in [2.05, 4.69) is 19.2 Å². The van der Waals surface area contributed by atoms with Crippen LogP contribution in [-0.4, -0.2) is 18.0 Å². The van der Waals surface area contributed by atoms with Crippen molar-refractivity contribution in [1.82, 2.24) is 5.32 Å². The van der Waals surface area contributed by atoms with Crippen LogP contribution in [0.1, 0.15) is 65.2 Å². The first-order chi connectivity index (χ1) is 8.19. The predicted octanol–water partition coefficient (Wildman–Crippen LogP) is 2.59. The third-order valence-electron chi connectivity index (χ3n) is 3.92. The maximum absolute atomic E-state index is 11.9. The van der Waals surface area contributed by atoms with Crippen molar-refractivity contribution in [3.8, 4) is 0 Å². The van der Waals surface area contributed by atoms with Gasteiger partial charge in [0.2, 0.25) is 5.91 Å². The molecule has 3 nitrogen and oxygen atoms in total. The largest absolute Gasteiger partial charge is 0.352 e. The van der Waals surface area contributed by atoms with Crippen LogP contribution in [0.15, 0.2) is 0 Å². The SMILES string of the molecule is CCCC(N)C(=O)NC(CC)C1CCCCC1. The summed E-state index contributed by atoms with van der Waals surface area (Å²) < 4.78 is 0. The number of rotatable bonds is 6. The van der Waals surface area contributed by atoms with Gasteiger partial charge in [0.15, 0.2) is 0 Å². The molecule has 2 atom stereocenters. The van der Waals surface area contributed by atoms with Crippen molar-refractivity contribution in [1.29, 1.82) is 0 Å². The van der Waals surface area contributed by atoms with Crippen molar-refractivity contribution in [2.75, 3.05) is 0 Å². The van der Waals surface area contributed by atoms with Crippen LogP contribution in [0.4, 0.5) is 0 Å². The first-order valence-corrected chi connectivity index (χ1v) is 7.25. The molecule has 1 aliphatic rings. The predicted molar refractivity (Wildman–Crippen MR) is 71.7 cm³/mol. The Hall–Kier alpha value is -0.570. The maximum Gasteiger partial charge on any atom is 0.237 e. The quantitative estimate of drug-likeness (QED) is 0.750. The van der Waals surface area contributed by atoms with E-state index >= 15 is 0 Å². The average molecular weight is 240 g/mol. The molecule has 1 aliphatic carbocycles. The first-order valence-electron chi connectivity index (χ1n) is 7.25. The number of amides is 1. The van der Waals surface area contributed by atoms with Gasteiger partial charge in [-0.2, -0.15) is 0 Å². The highest BCUT2D eigenvalue weighted by Crippen LogP contribution is 2.27. The van der Waals surface area contributed by atoms with E-state index in [1.165, 1.54) is 32.1 Å². The molecule has 1 amide bonds. The Morgan fingerprint density at radius 2 is 1.94 bits per heavy atom. The molecule has 0 spiro atoms. The van der Waals surface area contributed by atoms with Gasteiger partial charge < -0.3 is 11.1 Å². The summed E-state index contributed by atoms with van der Waals surface area (Å²) in [6.07, 6.45) is 9.30. The molecule has 1 rings (SSSR count). The van der Waals surface area contributed by atoms with Crippen LogP contribution < -0.4 is 11.1 Å². The Morgan fingerprint density at radius 3 is 2.47 bits per heavy atom. The fraction of sp³-hybridized carbons (Fsp3) is 0.929. The zero-order valence-corrected chi connectivity index (χ0v) is 11.4. The van der Waals surface area contributed by atoms with E-state index in [-0.39, 0.29) is 11.9 Å². The summed E-state index contributed by atoms with van der Waals surface area (Å²) in [7, 11) is 0. The first kappa shape index (κ1) is 14.5. The summed E-state index contributed by atoms with van der Waals surface area (Å²) in [4.78, 5) is 11.9. The van der Waals surface area contributed by atoms with Crippen LogP contribution in [0.2, 0.25) is 0 Å². The van der Waals surface area contributed by atoms with Gasteiger partial charge in [0.25, 0.3) is 0 Å². The molecule has 3 heteroatoms. The zero-order chi connectivity index (χ0) is 12.7. The van der Waals surface area contributed by atoms with Gasteiger partial charge in [-0.25, -0.2) is 0 Å². The Balaban J connectivity index is 2.42. The molecule has 0 heterocycles. The third kappa shape index (κ3) is 4.66. The summed E-state index contributed by atoms with van der Waals surface area (Å²) in [5, 5.41) is 3.16. The molecule has 1 fully saturated rings. The van der Waals surface area contributed by atoms with E-state index in [1.807, 2.05) is 0 Å². The summed E-state index contributed by atoms with van der Waals surface area (Å²) in [5.74, 6) is 0.718. The van der Waals surface area contributed by atoms with E-state index in [1.54, 1.807) is 0 Å². The second kappa shape index (κ2) is 7.70. The minimum atomic E-state index is -0.322. The normalized spacial score (nSPS) is 20.9. The fourth-order valence-electron chi connectivity index (χ4n) is 2.82. The van der Waals surface area contributed by atoms with Crippen molar-refractivity contribution >= 4 is 5.91 Å². The lowest BCUT2D eigenvalue weighted by molar-refractivity contribution is -0.123. The lowest BCUT2D eigenvalue weighted by Gasteiger charge is -2.31. The highest BCUT2D eigenvalue weighted by Gasteiger charge is 2.25. The highest BCUT2D eigenvalue weighted by atomic mass is 16.2. The smallest absolute Gasteiger partial charge is 0.237 e. The van der Waals surface area contributed by atoms with Crippen molar-refractivity contribution in [2.24, 2.45) is 11.7 Å². The average Bonchev–Trinajstić information content (AvgIpc) is 2.37. The van der Waals surface area contributed by atoms with Gasteiger partial charge in [0, 0.05) is 6.04 Å². The zero-order valence-electron chi connectivity index (χ0n) is 11.4. The van der Waals surface area contributed by atoms with Gasteiger partial charge in [-0.1, -0.05) is 39.5 Å². The molecule has 0 bridgehead atoms. The summed E-state index contributed by atoms with van der Waals surface area (Å²) in [5.41, 5.74) is 5.85. The molecule has 2 unspecified atom stereocenters. The number of carbonyl (C=O) groups excluding carboxylic acids is 1. The van der Waals surface area contributed by atoms with Crippen LogP contribution in [0.25, 0.3) is 0 Å². The van der Waals surface area contributed by atoms with E-state index in [0.717, 1.165) is 19.3 Å². The minimum absolute atomic E-state index is 0.0456. The van der Waals surface area contributed by atoms with Gasteiger partial charge in [-0.15, -0.1) is 0 Å². The van der Waals surface area contributed by atoms with Crippen molar-refractivity contribution in [3.05, 3.63) is 0 Å². The van der Waals surface area contributed by atoms with Gasteiger partial charge in [-0.05, 0) is 31.6 Å². The van der Waals surface area contributed by atoms with Crippen LogP contribution in [0.3, 0.4) is 0 Å². The van der Waals surface area contributed by atoms with Crippen LogP contribution in [0.5, 0.6) is 0 Å². The summed E-state index contributed by atoms with van der Waals surface area (Å²) in [6.45, 7) is 4.22. The highest BCUT2D eigenvalue weighted by molar-refractivity contribution is 5.81. The second-order valence-corrected chi connectivity index (χ2v) is 5.32. The van der Waals surface area contributed by atoms with Crippen molar-refractivity contribution < 1.29 is 4.79 Å². The molecule has 0 aromatic heterocycles. The van der Waals surface area contributed by atoms with E-state index < -0.39 is 0 Å². The minimum Gasteiger partial charge on any atom is -0.352 e. The molecule has 17 heavy (non-hydrogen) atoms. The molecular weight excluding hydrogens is 212 g/mol. The molecule has 0 radical (unpaired) electrons. The lowest BCUT2D eigenvalue weighted by Crippen LogP contribution is -2.48. The summed E-state index contributed by atoms with van der Waals surface area (Å²) >= 11 is 0. The number of carbonyl (C=O) groups is 1. The van der Waals surface area contributed by atoms with Crippen LogP contribution >= 0.6 is 0 Å². The van der Waals surface area contributed by atoms with Crippen LogP contribution in [-0.2, 0) is 4.79 Å². The molecule has 0 aromatic carbocycles. The topological polar surface area (TPSA) is 55.1 Å². The van der Waals surface area contributed by atoms with Crippen LogP contribution in [0, 0.1) is 5.92 Å². The molecular formula is C14H28N2O. The van der Waals surface area contributed by atoms with E-state index in [0.29, 0.717) is 12.0 Å². The Morgan fingerprint density at radius 1 is 1.29 bits per heavy atom. The van der Waals surface area contributed by atoms with Gasteiger partial charge >= 0.3 is 0 Å². The second-order valence-electron chi connectivity index (χ2n) is 5.32. The Kier molecular flexibility index (Phi) is 6.56. The molecule has 1 saturated carbocycles. The molecule has 0 aromatic rings. The fourth-order valence-corrected chi connectivity index (χ4v) is 2.82. The standard InChI is InChI=1S/C14H28N2O/c1-3-8-12(15)14(17)16-13(4-2)11-9-6-5-7-10-11/h11-13H,3-10,15H2,1-2H3,(H,16,17). The maximum atomic E-state index is 11.9. The van der Waals surface area contributed by atoms with Gasteiger partial charge in [0.1, 0.15) is 0 Å². The van der Waals surface area contributed by atoms with Gasteiger partial charge in [-0.3, -0.25) is 4.79 Å². The van der Waals surface area contributed by atoms with Crippen molar-refractivity contribution in [3.63, 3.8) is 0 Å². The molecule has 3 N–H and O–H groups in total. The van der Waals surface area contributed by atoms with E-state index in [9.17, 15) is 4.79 Å². The monoisotopic (exact) mass is 240 g/mol. The number of hydrogen-bond donors (Lipinski definition) is 2. The molecule has 0 saturated heterocycles. The molecule has 0 aliphatic heterocycles. The van der Waals surface area contributed by atoms with Crippen molar-refractivity contribution in [2.45, 2.75) is 77.3 Å². The Labute approximate surface area is 106 Å². The van der Waals surface area contributed by atoms with Gasteiger partial charge in [0.05, 0.1) is 6.04 Å². The van der Waals surface area contributed by atoms with E-state index in [4.69, 9.17) is 5.73 Å². The Bertz CT molecular complexity index is 224. The lowest BCUT2D eigenvalue weighted by atomic mass is 9.83. The number of nitrogens with one attached hydrogen (secondary N) is 1.